The van der Waals surface area contributed by atoms with E-state index in [0.29, 0.717) is 54.6 Å². The molecule has 1 aliphatic heterocycles. The third-order valence-electron chi connectivity index (χ3n) is 7.31. The highest BCUT2D eigenvalue weighted by atomic mass is 19.4. The van der Waals surface area contributed by atoms with Crippen molar-refractivity contribution >= 4 is 28.7 Å². The van der Waals surface area contributed by atoms with Crippen LogP contribution in [0.15, 0.2) is 60.7 Å². The van der Waals surface area contributed by atoms with Crippen molar-refractivity contribution in [3.05, 3.63) is 94.3 Å². The molecule has 1 heterocycles. The van der Waals surface area contributed by atoms with Crippen molar-refractivity contribution in [1.82, 2.24) is 0 Å². The first-order chi connectivity index (χ1) is 19.1. The number of nitrogens with zero attached hydrogens (tertiary/aromatic N) is 1. The van der Waals surface area contributed by atoms with E-state index < -0.39 is 23.5 Å². The van der Waals surface area contributed by atoms with Crippen LogP contribution in [0.2, 0.25) is 0 Å². The Morgan fingerprint density at radius 2 is 1.65 bits per heavy atom. The van der Waals surface area contributed by atoms with E-state index in [9.17, 15) is 32.3 Å². The molecular weight excluding hydrogens is 526 g/mol. The number of halogens is 4. The monoisotopic (exact) mass is 553 g/mol. The maximum Gasteiger partial charge on any atom is 0.416 e. The van der Waals surface area contributed by atoms with Crippen LogP contribution in [0.3, 0.4) is 0 Å². The number of carboxylic acids is 1. The maximum absolute atomic E-state index is 13.7. The summed E-state index contributed by atoms with van der Waals surface area (Å²) < 4.78 is 60.5. The fourth-order valence-corrected chi connectivity index (χ4v) is 5.31. The van der Waals surface area contributed by atoms with Crippen molar-refractivity contribution in [2.24, 2.45) is 0 Å². The zero-order valence-electron chi connectivity index (χ0n) is 21.6. The molecule has 1 amide bonds. The Bertz CT molecular complexity index is 1480. The molecule has 0 aromatic heterocycles. The predicted molar refractivity (Wildman–Crippen MR) is 142 cm³/mol. The number of carboxylic acid groups (broad SMARTS) is 1. The van der Waals surface area contributed by atoms with E-state index in [1.807, 2.05) is 0 Å². The number of rotatable bonds is 7. The number of aromatic carboxylic acids is 1. The summed E-state index contributed by atoms with van der Waals surface area (Å²) in [5.41, 5.74) is 2.49. The summed E-state index contributed by atoms with van der Waals surface area (Å²) in [4.78, 5) is 26.2. The van der Waals surface area contributed by atoms with Crippen LogP contribution in [-0.4, -0.2) is 23.5 Å². The second-order valence-corrected chi connectivity index (χ2v) is 10.0. The van der Waals surface area contributed by atoms with Crippen LogP contribution in [0.25, 0.3) is 11.1 Å². The average molecular weight is 554 g/mol. The van der Waals surface area contributed by atoms with E-state index in [4.69, 9.17) is 4.74 Å². The first-order valence-electron chi connectivity index (χ1n) is 13.1. The molecule has 1 fully saturated rings. The molecule has 2 aliphatic rings. The molecule has 0 spiro atoms. The van der Waals surface area contributed by atoms with Crippen LogP contribution in [-0.2, 0) is 17.6 Å². The molecule has 0 saturated carbocycles. The minimum absolute atomic E-state index is 0.00134. The second kappa shape index (κ2) is 11.2. The molecule has 0 atom stereocenters. The van der Waals surface area contributed by atoms with Crippen LogP contribution in [0.1, 0.15) is 71.1 Å². The van der Waals surface area contributed by atoms with Crippen molar-refractivity contribution in [3.8, 4) is 5.75 Å². The normalized spacial score (nSPS) is 16.0. The average Bonchev–Trinajstić information content (AvgIpc) is 3.42. The number of carbonyl (C=O) groups is 2. The fraction of sp³-hybridized carbons (Fsp3) is 0.290. The molecule has 3 aromatic rings. The Labute approximate surface area is 228 Å². The Kier molecular flexibility index (Phi) is 7.65. The van der Waals surface area contributed by atoms with Crippen LogP contribution < -0.4 is 9.64 Å². The number of allylic oxidation sites excluding steroid dienone is 2. The topological polar surface area (TPSA) is 66.8 Å². The number of anilines is 1. The van der Waals surface area contributed by atoms with Gasteiger partial charge in [0.2, 0.25) is 5.91 Å². The second-order valence-electron chi connectivity index (χ2n) is 10.0. The zero-order chi connectivity index (χ0) is 28.4. The van der Waals surface area contributed by atoms with Crippen LogP contribution in [0, 0.1) is 5.82 Å². The van der Waals surface area contributed by atoms with E-state index in [1.54, 1.807) is 23.1 Å². The Hall–Kier alpha value is -4.14. The summed E-state index contributed by atoms with van der Waals surface area (Å²) in [6.07, 6.45) is -0.975. The molecule has 1 saturated heterocycles. The molecule has 3 aromatic carbocycles. The number of amides is 1. The summed E-state index contributed by atoms with van der Waals surface area (Å²) in [7, 11) is 0. The number of hydrogen-bond acceptors (Lipinski definition) is 3. The SMILES string of the molecule is O=C(O)c1cc(C2=C(c3cc(C(F)(F)F)ccc3OCc3ccc(F)cc3)CCC2)cc(N2CCCCC2=O)c1. The van der Waals surface area contributed by atoms with Gasteiger partial charge in [-0.3, -0.25) is 4.79 Å². The Morgan fingerprint density at radius 1 is 0.900 bits per heavy atom. The van der Waals surface area contributed by atoms with Crippen molar-refractivity contribution in [3.63, 3.8) is 0 Å². The molecule has 0 unspecified atom stereocenters. The molecule has 1 aliphatic carbocycles. The number of alkyl halides is 3. The maximum atomic E-state index is 13.7. The molecule has 5 nitrogen and oxygen atoms in total. The summed E-state index contributed by atoms with van der Waals surface area (Å²) in [6.45, 7) is 0.499. The predicted octanol–water partition coefficient (Wildman–Crippen LogP) is 7.73. The summed E-state index contributed by atoms with van der Waals surface area (Å²) in [6, 6.07) is 13.7. The van der Waals surface area contributed by atoms with Crippen LogP contribution in [0.5, 0.6) is 5.75 Å². The lowest BCUT2D eigenvalue weighted by atomic mass is 9.93. The van der Waals surface area contributed by atoms with Crippen LogP contribution in [0.4, 0.5) is 23.2 Å². The molecule has 5 rings (SSSR count). The number of benzene rings is 3. The largest absolute Gasteiger partial charge is 0.488 e. The van der Waals surface area contributed by atoms with E-state index in [-0.39, 0.29) is 29.4 Å². The molecule has 9 heteroatoms. The van der Waals surface area contributed by atoms with Gasteiger partial charge in [-0.15, -0.1) is 0 Å². The van der Waals surface area contributed by atoms with Gasteiger partial charge in [0.1, 0.15) is 18.2 Å². The van der Waals surface area contributed by atoms with E-state index in [1.165, 1.54) is 30.3 Å². The van der Waals surface area contributed by atoms with Gasteiger partial charge in [0.05, 0.1) is 11.1 Å². The first-order valence-corrected chi connectivity index (χ1v) is 13.1. The van der Waals surface area contributed by atoms with Crippen LogP contribution >= 0.6 is 0 Å². The zero-order valence-corrected chi connectivity index (χ0v) is 21.6. The lowest BCUT2D eigenvalue weighted by Crippen LogP contribution is -2.35. The fourth-order valence-electron chi connectivity index (χ4n) is 5.31. The van der Waals surface area contributed by atoms with Gasteiger partial charge in [-0.05, 0) is 103 Å². The summed E-state index contributed by atoms with van der Waals surface area (Å²) in [5, 5.41) is 9.80. The highest BCUT2D eigenvalue weighted by Crippen LogP contribution is 2.45. The Morgan fingerprint density at radius 3 is 2.35 bits per heavy atom. The third-order valence-corrected chi connectivity index (χ3v) is 7.31. The number of carbonyl (C=O) groups excluding carboxylic acids is 1. The van der Waals surface area contributed by atoms with Gasteiger partial charge in [0.25, 0.3) is 0 Å². The third kappa shape index (κ3) is 5.88. The van der Waals surface area contributed by atoms with Gasteiger partial charge in [-0.1, -0.05) is 12.1 Å². The lowest BCUT2D eigenvalue weighted by molar-refractivity contribution is -0.137. The summed E-state index contributed by atoms with van der Waals surface area (Å²) in [5.74, 6) is -1.41. The molecule has 0 bridgehead atoms. The first kappa shape index (κ1) is 27.4. The van der Waals surface area contributed by atoms with E-state index in [2.05, 4.69) is 0 Å². The lowest BCUT2D eigenvalue weighted by Gasteiger charge is -2.27. The van der Waals surface area contributed by atoms with E-state index >= 15 is 0 Å². The number of ether oxygens (including phenoxy) is 1. The van der Waals surface area contributed by atoms with Crippen molar-refractivity contribution in [2.45, 2.75) is 51.3 Å². The van der Waals surface area contributed by atoms with Crippen molar-refractivity contribution < 1.29 is 37.0 Å². The highest BCUT2D eigenvalue weighted by molar-refractivity contribution is 6.00. The molecule has 208 valence electrons. The van der Waals surface area contributed by atoms with E-state index in [0.717, 1.165) is 30.5 Å². The van der Waals surface area contributed by atoms with Gasteiger partial charge in [0.15, 0.2) is 0 Å². The number of hydrogen-bond donors (Lipinski definition) is 1. The smallest absolute Gasteiger partial charge is 0.416 e. The quantitative estimate of drug-likeness (QED) is 0.304. The minimum atomic E-state index is -4.57. The van der Waals surface area contributed by atoms with Gasteiger partial charge in [-0.2, -0.15) is 13.2 Å². The van der Waals surface area contributed by atoms with Gasteiger partial charge >= 0.3 is 12.1 Å². The van der Waals surface area contributed by atoms with Gasteiger partial charge < -0.3 is 14.7 Å². The molecule has 40 heavy (non-hydrogen) atoms. The van der Waals surface area contributed by atoms with Crippen molar-refractivity contribution in [1.29, 1.82) is 0 Å². The Balaban J connectivity index is 1.60. The summed E-state index contributed by atoms with van der Waals surface area (Å²) >= 11 is 0. The standard InChI is InChI=1S/C31H27F4NO4/c32-23-10-7-19(8-11-23)18-40-28-12-9-22(31(33,34)35)17-27(28)26-5-3-4-25(26)20-14-21(30(38)39)16-24(15-20)36-13-2-1-6-29(36)37/h7-12,14-17H,1-6,13,18H2,(H,38,39). The highest BCUT2D eigenvalue weighted by Gasteiger charge is 2.33. The van der Waals surface area contributed by atoms with Gasteiger partial charge in [0, 0.05) is 24.2 Å². The molecular formula is C31H27F4NO4. The van der Waals surface area contributed by atoms with Gasteiger partial charge in [-0.25, -0.2) is 9.18 Å². The van der Waals surface area contributed by atoms with Crippen molar-refractivity contribution in [2.75, 3.05) is 11.4 Å². The molecule has 1 N–H and O–H groups in total. The number of piperidine rings is 1. The molecule has 0 radical (unpaired) electrons. The minimum Gasteiger partial charge on any atom is -0.488 e.